The predicted octanol–water partition coefficient (Wildman–Crippen LogP) is 3.76. The minimum absolute atomic E-state index is 0.0203. The Morgan fingerprint density at radius 1 is 1.00 bits per heavy atom. The second-order valence-corrected chi connectivity index (χ2v) is 14.2. The van der Waals surface area contributed by atoms with Gasteiger partial charge >= 0.3 is 6.09 Å². The summed E-state index contributed by atoms with van der Waals surface area (Å²) in [5.41, 5.74) is -0.717. The van der Waals surface area contributed by atoms with Crippen molar-refractivity contribution < 1.29 is 22.7 Å². The summed E-state index contributed by atoms with van der Waals surface area (Å²) in [5.74, 6) is -0.918. The van der Waals surface area contributed by atoms with Crippen LogP contribution in [0.15, 0.2) is 64.2 Å². The lowest BCUT2D eigenvalue weighted by atomic mass is 9.84. The number of piperidine rings is 1. The number of nitrogens with zero attached hydrogens (tertiary/aromatic N) is 5. The number of carbonyl (C=O) groups is 2. The van der Waals surface area contributed by atoms with Gasteiger partial charge in [-0.15, -0.1) is 11.3 Å². The fourth-order valence-corrected chi connectivity index (χ4v) is 8.90. The number of likely N-dealkylation sites (tertiary alicyclic amines) is 1. The normalized spacial score (nSPS) is 21.9. The molecular formula is C31H33N5O5S2. The highest BCUT2D eigenvalue weighted by molar-refractivity contribution is 7.95. The number of piperazine rings is 1. The molecule has 6 rings (SSSR count). The first kappa shape index (κ1) is 29.3. The summed E-state index contributed by atoms with van der Waals surface area (Å²) in [6.45, 7) is 6.08. The first-order chi connectivity index (χ1) is 20.7. The summed E-state index contributed by atoms with van der Waals surface area (Å²) in [7, 11) is -2.22. The highest BCUT2D eigenvalue weighted by atomic mass is 32.2. The highest BCUT2D eigenvalue weighted by Gasteiger charge is 2.60. The van der Waals surface area contributed by atoms with Gasteiger partial charge in [-0.25, -0.2) is 4.79 Å². The molecule has 12 heteroatoms. The second-order valence-electron chi connectivity index (χ2n) is 11.3. The lowest BCUT2D eigenvalue weighted by Gasteiger charge is -2.42. The molecule has 0 radical (unpaired) electrons. The molecule has 0 saturated carbocycles. The van der Waals surface area contributed by atoms with E-state index in [0.29, 0.717) is 43.3 Å². The zero-order chi connectivity index (χ0) is 30.4. The molecule has 1 atom stereocenters. The molecule has 4 heterocycles. The van der Waals surface area contributed by atoms with Crippen LogP contribution in [0.25, 0.3) is 0 Å². The average Bonchev–Trinajstić information content (AvgIpc) is 3.64. The second kappa shape index (κ2) is 11.4. The highest BCUT2D eigenvalue weighted by Crippen LogP contribution is 2.50. The van der Waals surface area contributed by atoms with Gasteiger partial charge in [-0.05, 0) is 75.1 Å². The van der Waals surface area contributed by atoms with Crippen LogP contribution >= 0.6 is 11.3 Å². The van der Waals surface area contributed by atoms with Crippen molar-refractivity contribution in [2.24, 2.45) is 0 Å². The van der Waals surface area contributed by atoms with Crippen LogP contribution in [0.1, 0.15) is 35.1 Å². The molecule has 2 saturated heterocycles. The Kier molecular flexibility index (Phi) is 7.76. The van der Waals surface area contributed by atoms with Gasteiger partial charge in [-0.2, -0.15) is 18.0 Å². The molecule has 0 bridgehead atoms. The quantitative estimate of drug-likeness (QED) is 0.424. The van der Waals surface area contributed by atoms with E-state index < -0.39 is 27.6 Å². The van der Waals surface area contributed by atoms with Crippen molar-refractivity contribution in [1.82, 2.24) is 14.7 Å². The van der Waals surface area contributed by atoms with Crippen molar-refractivity contribution >= 4 is 39.0 Å². The SMILES string of the molecule is Cc1ccccc1C1(OC(=O)N2CCN(C3CCN(C)CC3)CC2)C(=O)N(S(=O)(=O)c2cccs2)c2ccc(C#N)cc21. The van der Waals surface area contributed by atoms with Crippen molar-refractivity contribution in [3.8, 4) is 6.07 Å². The van der Waals surface area contributed by atoms with Gasteiger partial charge in [0.15, 0.2) is 0 Å². The van der Waals surface area contributed by atoms with Crippen LogP contribution in [0.5, 0.6) is 0 Å². The van der Waals surface area contributed by atoms with E-state index in [4.69, 9.17) is 4.74 Å². The number of benzene rings is 2. The average molecular weight is 620 g/mol. The Bertz CT molecular complexity index is 1690. The molecule has 1 unspecified atom stereocenters. The number of fused-ring (bicyclic) bond motifs is 1. The Morgan fingerprint density at radius 2 is 1.72 bits per heavy atom. The number of hydrogen-bond donors (Lipinski definition) is 0. The summed E-state index contributed by atoms with van der Waals surface area (Å²) in [6.07, 6.45) is 1.46. The number of sulfonamides is 1. The summed E-state index contributed by atoms with van der Waals surface area (Å²) in [6, 6.07) is 16.9. The van der Waals surface area contributed by atoms with E-state index in [1.54, 1.807) is 47.5 Å². The maximum absolute atomic E-state index is 14.6. The molecule has 0 N–H and O–H groups in total. The van der Waals surface area contributed by atoms with Crippen molar-refractivity contribution in [2.75, 3.05) is 50.6 Å². The molecule has 10 nitrogen and oxygen atoms in total. The van der Waals surface area contributed by atoms with Crippen LogP contribution in [-0.2, 0) is 25.2 Å². The monoisotopic (exact) mass is 619 g/mol. The molecule has 43 heavy (non-hydrogen) atoms. The van der Waals surface area contributed by atoms with E-state index in [2.05, 4.69) is 22.9 Å². The van der Waals surface area contributed by atoms with Gasteiger partial charge in [-0.1, -0.05) is 30.3 Å². The standard InChI is InChI=1S/C31H33N5O5S2/c1-22-6-3-4-7-25(22)31(41-30(38)35-17-15-34(16-18-35)24-11-13-33(2)14-12-24)26-20-23(21-32)9-10-27(26)36(29(31)37)43(39,40)28-8-5-19-42-28/h3-10,19-20,24H,11-18H2,1-2H3. The molecular weight excluding hydrogens is 587 g/mol. The Labute approximate surface area is 255 Å². The van der Waals surface area contributed by atoms with E-state index in [1.807, 2.05) is 0 Å². The Balaban J connectivity index is 1.39. The third-order valence-corrected chi connectivity index (χ3v) is 11.8. The minimum atomic E-state index is -4.35. The lowest BCUT2D eigenvalue weighted by molar-refractivity contribution is -0.132. The third kappa shape index (κ3) is 5.00. The van der Waals surface area contributed by atoms with Gasteiger partial charge in [0, 0.05) is 43.3 Å². The molecule has 3 aromatic rings. The number of nitriles is 1. The van der Waals surface area contributed by atoms with E-state index in [1.165, 1.54) is 24.3 Å². The summed E-state index contributed by atoms with van der Waals surface area (Å²) < 4.78 is 34.8. The van der Waals surface area contributed by atoms with Gasteiger partial charge in [-0.3, -0.25) is 9.69 Å². The van der Waals surface area contributed by atoms with Gasteiger partial charge in [0.05, 0.1) is 17.3 Å². The van der Waals surface area contributed by atoms with Gasteiger partial charge in [0.2, 0.25) is 5.60 Å². The molecule has 3 aliphatic rings. The van der Waals surface area contributed by atoms with Crippen molar-refractivity contribution in [1.29, 1.82) is 5.26 Å². The topological polar surface area (TPSA) is 114 Å². The smallest absolute Gasteiger partial charge is 0.411 e. The number of thiophene rings is 1. The zero-order valence-corrected chi connectivity index (χ0v) is 25.7. The van der Waals surface area contributed by atoms with Crippen molar-refractivity contribution in [2.45, 2.75) is 35.6 Å². The summed E-state index contributed by atoms with van der Waals surface area (Å²) >= 11 is 0.991. The number of anilines is 1. The molecule has 224 valence electrons. The molecule has 0 aliphatic carbocycles. The van der Waals surface area contributed by atoms with E-state index in [9.17, 15) is 23.3 Å². The molecule has 1 aromatic heterocycles. The van der Waals surface area contributed by atoms with Crippen LogP contribution in [0.2, 0.25) is 0 Å². The summed E-state index contributed by atoms with van der Waals surface area (Å²) in [4.78, 5) is 34.9. The van der Waals surface area contributed by atoms with Gasteiger partial charge < -0.3 is 14.5 Å². The fourth-order valence-electron chi connectivity index (χ4n) is 6.38. The predicted molar refractivity (Wildman–Crippen MR) is 162 cm³/mol. The van der Waals surface area contributed by atoms with Crippen LogP contribution in [-0.4, -0.2) is 87.5 Å². The number of hydrogen-bond acceptors (Lipinski definition) is 9. The maximum Gasteiger partial charge on any atom is 0.411 e. The molecule has 2 amide bonds. The number of amides is 2. The summed E-state index contributed by atoms with van der Waals surface area (Å²) in [5, 5.41) is 11.4. The lowest BCUT2D eigenvalue weighted by Crippen LogP contribution is -2.55. The van der Waals surface area contributed by atoms with Crippen molar-refractivity contribution in [3.63, 3.8) is 0 Å². The molecule has 0 spiro atoms. The Morgan fingerprint density at radius 3 is 2.37 bits per heavy atom. The zero-order valence-electron chi connectivity index (χ0n) is 24.1. The maximum atomic E-state index is 14.6. The number of rotatable bonds is 5. The number of aryl methyl sites for hydroxylation is 1. The van der Waals surface area contributed by atoms with Crippen LogP contribution in [0.4, 0.5) is 10.5 Å². The third-order valence-electron chi connectivity index (χ3n) is 8.74. The van der Waals surface area contributed by atoms with Gasteiger partial charge in [0.25, 0.3) is 15.9 Å². The molecule has 2 aromatic carbocycles. The van der Waals surface area contributed by atoms with Crippen LogP contribution < -0.4 is 4.31 Å². The molecule has 2 fully saturated rings. The van der Waals surface area contributed by atoms with Crippen LogP contribution in [0.3, 0.4) is 0 Å². The van der Waals surface area contributed by atoms with Gasteiger partial charge in [0.1, 0.15) is 4.21 Å². The first-order valence-electron chi connectivity index (χ1n) is 14.3. The number of carbonyl (C=O) groups excluding carboxylic acids is 2. The minimum Gasteiger partial charge on any atom is -0.422 e. The number of ether oxygens (including phenoxy) is 1. The largest absolute Gasteiger partial charge is 0.422 e. The molecule has 3 aliphatic heterocycles. The Hall–Kier alpha value is -3.76. The van der Waals surface area contributed by atoms with Crippen molar-refractivity contribution in [3.05, 3.63) is 82.2 Å². The first-order valence-corrected chi connectivity index (χ1v) is 16.6. The van der Waals surface area contributed by atoms with E-state index >= 15 is 0 Å². The van der Waals surface area contributed by atoms with E-state index in [-0.39, 0.29) is 21.0 Å². The van der Waals surface area contributed by atoms with Crippen LogP contribution in [0, 0.1) is 18.3 Å². The van der Waals surface area contributed by atoms with E-state index in [0.717, 1.165) is 41.6 Å². The fraction of sp³-hybridized carbons (Fsp3) is 0.387.